The molecule has 1 heterocycles. The molecule has 0 radical (unpaired) electrons. The van der Waals surface area contributed by atoms with Crippen LogP contribution in [0.25, 0.3) is 0 Å². The lowest BCUT2D eigenvalue weighted by Gasteiger charge is -2.22. The van der Waals surface area contributed by atoms with Crippen molar-refractivity contribution in [2.24, 2.45) is 0 Å². The Balaban J connectivity index is 2.13. The molecular weight excluding hydrogens is 222 g/mol. The second-order valence-electron chi connectivity index (χ2n) is 4.29. The zero-order valence-electron chi connectivity index (χ0n) is 10.3. The summed E-state index contributed by atoms with van der Waals surface area (Å²) in [4.78, 5) is 4.25. The Morgan fingerprint density at radius 1 is 1.17 bits per heavy atom. The van der Waals surface area contributed by atoms with Crippen molar-refractivity contribution in [1.82, 2.24) is 10.3 Å². The highest BCUT2D eigenvalue weighted by atomic mass is 15.0. The van der Waals surface area contributed by atoms with E-state index >= 15 is 0 Å². The van der Waals surface area contributed by atoms with Gasteiger partial charge in [-0.1, -0.05) is 36.4 Å². The fourth-order valence-corrected chi connectivity index (χ4v) is 1.72. The Hall–Kier alpha value is -2.18. The van der Waals surface area contributed by atoms with Crippen LogP contribution in [0.1, 0.15) is 18.2 Å². The van der Waals surface area contributed by atoms with Gasteiger partial charge in [-0.2, -0.15) is 5.26 Å². The van der Waals surface area contributed by atoms with Gasteiger partial charge in [0.25, 0.3) is 0 Å². The highest BCUT2D eigenvalue weighted by Gasteiger charge is 2.26. The van der Waals surface area contributed by atoms with Gasteiger partial charge in [0.1, 0.15) is 5.54 Å². The first kappa shape index (κ1) is 12.3. The minimum absolute atomic E-state index is 0.640. The standard InChI is InChI=1S/C15H15N3/c1-15(12-16,14-9-5-6-10-17-14)18-11-13-7-3-2-4-8-13/h2-10,18H,11H2,1H3. The fraction of sp³-hybridized carbons (Fsp3) is 0.200. The first-order chi connectivity index (χ1) is 8.74. The van der Waals surface area contributed by atoms with Gasteiger partial charge in [0.15, 0.2) is 0 Å². The number of nitrogens with one attached hydrogen (secondary N) is 1. The van der Waals surface area contributed by atoms with Crippen LogP contribution in [0.3, 0.4) is 0 Å². The van der Waals surface area contributed by atoms with Gasteiger partial charge in [-0.15, -0.1) is 0 Å². The average Bonchev–Trinajstić information content (AvgIpc) is 2.47. The SMILES string of the molecule is CC(C#N)(NCc1ccccc1)c1ccccn1. The van der Waals surface area contributed by atoms with Crippen LogP contribution in [0.5, 0.6) is 0 Å². The highest BCUT2D eigenvalue weighted by Crippen LogP contribution is 2.17. The van der Waals surface area contributed by atoms with E-state index in [2.05, 4.69) is 16.4 Å². The summed E-state index contributed by atoms with van der Waals surface area (Å²) in [6.07, 6.45) is 1.70. The summed E-state index contributed by atoms with van der Waals surface area (Å²) in [6, 6.07) is 17.9. The molecule has 0 fully saturated rings. The molecule has 1 N–H and O–H groups in total. The predicted octanol–water partition coefficient (Wildman–Crippen LogP) is 2.61. The summed E-state index contributed by atoms with van der Waals surface area (Å²) in [6.45, 7) is 2.49. The van der Waals surface area contributed by atoms with Crippen LogP contribution in [-0.2, 0) is 12.1 Å². The van der Waals surface area contributed by atoms with E-state index in [0.717, 1.165) is 11.3 Å². The quantitative estimate of drug-likeness (QED) is 0.889. The monoisotopic (exact) mass is 237 g/mol. The number of aromatic nitrogens is 1. The van der Waals surface area contributed by atoms with Crippen molar-refractivity contribution in [3.05, 3.63) is 66.0 Å². The maximum atomic E-state index is 9.36. The lowest BCUT2D eigenvalue weighted by Crippen LogP contribution is -2.38. The van der Waals surface area contributed by atoms with E-state index in [1.165, 1.54) is 0 Å². The summed E-state index contributed by atoms with van der Waals surface area (Å²) in [7, 11) is 0. The molecule has 1 atom stereocenters. The Kier molecular flexibility index (Phi) is 3.71. The van der Waals surface area contributed by atoms with Gasteiger partial charge >= 0.3 is 0 Å². The van der Waals surface area contributed by atoms with E-state index < -0.39 is 5.54 Å². The molecule has 0 amide bonds. The van der Waals surface area contributed by atoms with Crippen molar-refractivity contribution in [2.45, 2.75) is 19.0 Å². The predicted molar refractivity (Wildman–Crippen MR) is 70.5 cm³/mol. The zero-order valence-corrected chi connectivity index (χ0v) is 10.3. The van der Waals surface area contributed by atoms with E-state index in [4.69, 9.17) is 0 Å². The maximum absolute atomic E-state index is 9.36. The van der Waals surface area contributed by atoms with Crippen molar-refractivity contribution in [3.8, 4) is 6.07 Å². The molecule has 1 aromatic heterocycles. The molecule has 3 heteroatoms. The molecule has 3 nitrogen and oxygen atoms in total. The van der Waals surface area contributed by atoms with E-state index in [1.54, 1.807) is 6.20 Å². The molecule has 0 aliphatic heterocycles. The molecule has 90 valence electrons. The number of benzene rings is 1. The van der Waals surface area contributed by atoms with Crippen molar-refractivity contribution in [3.63, 3.8) is 0 Å². The molecule has 0 spiro atoms. The highest BCUT2D eigenvalue weighted by molar-refractivity contribution is 5.24. The van der Waals surface area contributed by atoms with Crippen molar-refractivity contribution >= 4 is 0 Å². The number of nitriles is 1. The van der Waals surface area contributed by atoms with Crippen LogP contribution in [0, 0.1) is 11.3 Å². The zero-order chi connectivity index (χ0) is 12.8. The van der Waals surface area contributed by atoms with Gasteiger partial charge in [-0.25, -0.2) is 0 Å². The smallest absolute Gasteiger partial charge is 0.146 e. The van der Waals surface area contributed by atoms with E-state index in [0.29, 0.717) is 6.54 Å². The third kappa shape index (κ3) is 2.73. The number of hydrogen-bond donors (Lipinski definition) is 1. The maximum Gasteiger partial charge on any atom is 0.146 e. The summed E-state index contributed by atoms with van der Waals surface area (Å²) < 4.78 is 0. The molecule has 1 aromatic carbocycles. The molecule has 1 unspecified atom stereocenters. The molecule has 2 rings (SSSR count). The largest absolute Gasteiger partial charge is 0.290 e. The normalized spacial score (nSPS) is 13.6. The van der Waals surface area contributed by atoms with Crippen molar-refractivity contribution in [1.29, 1.82) is 5.26 Å². The Labute approximate surface area is 107 Å². The molecule has 18 heavy (non-hydrogen) atoms. The molecule has 2 aromatic rings. The van der Waals surface area contributed by atoms with Crippen molar-refractivity contribution in [2.75, 3.05) is 0 Å². The Morgan fingerprint density at radius 3 is 2.50 bits per heavy atom. The molecule has 0 bridgehead atoms. The number of nitrogens with zero attached hydrogens (tertiary/aromatic N) is 2. The Morgan fingerprint density at radius 2 is 1.89 bits per heavy atom. The average molecular weight is 237 g/mol. The summed E-state index contributed by atoms with van der Waals surface area (Å²) in [5.41, 5.74) is 1.12. The first-order valence-electron chi connectivity index (χ1n) is 5.86. The molecule has 0 aliphatic carbocycles. The summed E-state index contributed by atoms with van der Waals surface area (Å²) in [5.74, 6) is 0. The summed E-state index contributed by atoms with van der Waals surface area (Å²) >= 11 is 0. The van der Waals surface area contributed by atoms with Crippen LogP contribution in [0.4, 0.5) is 0 Å². The number of pyridine rings is 1. The molecular formula is C15H15N3. The fourth-order valence-electron chi connectivity index (χ4n) is 1.72. The lowest BCUT2D eigenvalue weighted by molar-refractivity contribution is 0.452. The van der Waals surface area contributed by atoms with Gasteiger partial charge in [-0.3, -0.25) is 10.3 Å². The van der Waals surface area contributed by atoms with Crippen molar-refractivity contribution < 1.29 is 0 Å². The van der Waals surface area contributed by atoms with E-state index in [-0.39, 0.29) is 0 Å². The lowest BCUT2D eigenvalue weighted by atomic mass is 9.98. The molecule has 0 saturated carbocycles. The second-order valence-corrected chi connectivity index (χ2v) is 4.29. The number of hydrogen-bond acceptors (Lipinski definition) is 3. The van der Waals surface area contributed by atoms with Crippen LogP contribution in [0.15, 0.2) is 54.7 Å². The van der Waals surface area contributed by atoms with Gasteiger partial charge in [-0.05, 0) is 24.6 Å². The van der Waals surface area contributed by atoms with E-state index in [9.17, 15) is 5.26 Å². The second kappa shape index (κ2) is 5.44. The van der Waals surface area contributed by atoms with Gasteiger partial charge in [0.2, 0.25) is 0 Å². The van der Waals surface area contributed by atoms with Crippen LogP contribution >= 0.6 is 0 Å². The minimum Gasteiger partial charge on any atom is -0.290 e. The van der Waals surface area contributed by atoms with Gasteiger partial charge in [0.05, 0.1) is 11.8 Å². The number of rotatable bonds is 4. The van der Waals surface area contributed by atoms with Gasteiger partial charge in [0, 0.05) is 12.7 Å². The topological polar surface area (TPSA) is 48.7 Å². The summed E-state index contributed by atoms with van der Waals surface area (Å²) in [5, 5.41) is 12.6. The third-order valence-electron chi connectivity index (χ3n) is 2.89. The molecule has 0 saturated heterocycles. The van der Waals surface area contributed by atoms with Crippen LogP contribution in [0.2, 0.25) is 0 Å². The first-order valence-corrected chi connectivity index (χ1v) is 5.86. The Bertz CT molecular complexity index is 531. The molecule has 0 aliphatic rings. The van der Waals surface area contributed by atoms with Crippen LogP contribution in [-0.4, -0.2) is 4.98 Å². The van der Waals surface area contributed by atoms with E-state index in [1.807, 2.05) is 55.5 Å². The third-order valence-corrected chi connectivity index (χ3v) is 2.89. The van der Waals surface area contributed by atoms with Gasteiger partial charge < -0.3 is 0 Å². The van der Waals surface area contributed by atoms with Crippen LogP contribution < -0.4 is 5.32 Å². The minimum atomic E-state index is -0.767.